The summed E-state index contributed by atoms with van der Waals surface area (Å²) >= 11 is 1.33. The van der Waals surface area contributed by atoms with Crippen LogP contribution in [0.4, 0.5) is 5.13 Å². The molecule has 0 aliphatic carbocycles. The van der Waals surface area contributed by atoms with Crippen molar-refractivity contribution >= 4 is 22.4 Å². The number of carbonyl (C=O) groups excluding carboxylic acids is 1. The number of nitrogens with zero attached hydrogens (tertiary/aromatic N) is 1. The van der Waals surface area contributed by atoms with Crippen LogP contribution >= 0.6 is 11.3 Å². The first-order chi connectivity index (χ1) is 11.2. The van der Waals surface area contributed by atoms with Gasteiger partial charge in [-0.1, -0.05) is 0 Å². The Bertz CT molecular complexity index is 811. The number of hydrogen-bond acceptors (Lipinski definition) is 6. The molecular weight excluding hydrogens is 316 g/mol. The van der Waals surface area contributed by atoms with Crippen molar-refractivity contribution in [1.82, 2.24) is 4.98 Å². The van der Waals surface area contributed by atoms with Crippen LogP contribution in [-0.4, -0.2) is 25.1 Å². The lowest BCUT2D eigenvalue weighted by atomic mass is 10.2. The predicted octanol–water partition coefficient (Wildman–Crippen LogP) is 3.67. The molecule has 0 saturated heterocycles. The van der Waals surface area contributed by atoms with Crippen molar-refractivity contribution in [2.75, 3.05) is 19.5 Å². The van der Waals surface area contributed by atoms with E-state index >= 15 is 0 Å². The molecule has 1 N–H and O–H groups in total. The molecule has 0 bridgehead atoms. The van der Waals surface area contributed by atoms with E-state index in [2.05, 4.69) is 10.3 Å². The summed E-state index contributed by atoms with van der Waals surface area (Å²) in [4.78, 5) is 16.6. The Kier molecular flexibility index (Phi) is 4.29. The van der Waals surface area contributed by atoms with Crippen molar-refractivity contribution in [1.29, 1.82) is 0 Å². The number of nitrogens with one attached hydrogen (secondary N) is 1. The predicted molar refractivity (Wildman–Crippen MR) is 87.3 cm³/mol. The van der Waals surface area contributed by atoms with Crippen LogP contribution in [0, 0.1) is 0 Å². The van der Waals surface area contributed by atoms with E-state index < -0.39 is 0 Å². The second-order valence-corrected chi connectivity index (χ2v) is 5.40. The number of aromatic nitrogens is 1. The van der Waals surface area contributed by atoms with Crippen LogP contribution < -0.4 is 14.8 Å². The van der Waals surface area contributed by atoms with Gasteiger partial charge >= 0.3 is 0 Å². The molecule has 7 heteroatoms. The molecule has 0 radical (unpaired) electrons. The highest BCUT2D eigenvalue weighted by Crippen LogP contribution is 2.29. The maximum absolute atomic E-state index is 12.3. The number of anilines is 1. The van der Waals surface area contributed by atoms with Crippen molar-refractivity contribution in [3.05, 3.63) is 47.5 Å². The standard InChI is InChI=1S/C16H14N2O4S/c1-20-13-6-5-10(8-14(13)21-2)15(19)18-16-17-11(9-23-16)12-4-3-7-22-12/h3-9H,1-2H3,(H,17,18,19). The fraction of sp³-hybridized carbons (Fsp3) is 0.125. The molecule has 0 atom stereocenters. The van der Waals surface area contributed by atoms with Gasteiger partial charge in [0.15, 0.2) is 22.4 Å². The maximum Gasteiger partial charge on any atom is 0.257 e. The van der Waals surface area contributed by atoms with Crippen molar-refractivity contribution in [3.63, 3.8) is 0 Å². The third kappa shape index (κ3) is 3.19. The number of furan rings is 1. The van der Waals surface area contributed by atoms with Crippen molar-refractivity contribution in [2.45, 2.75) is 0 Å². The van der Waals surface area contributed by atoms with Crippen molar-refractivity contribution in [2.24, 2.45) is 0 Å². The largest absolute Gasteiger partial charge is 0.493 e. The molecule has 6 nitrogen and oxygen atoms in total. The molecule has 0 aliphatic heterocycles. The van der Waals surface area contributed by atoms with Crippen LogP contribution in [0.2, 0.25) is 0 Å². The monoisotopic (exact) mass is 330 g/mol. The molecule has 0 saturated carbocycles. The Hall–Kier alpha value is -2.80. The molecule has 0 unspecified atom stereocenters. The van der Waals surface area contributed by atoms with Crippen LogP contribution in [-0.2, 0) is 0 Å². The first kappa shape index (κ1) is 15.1. The summed E-state index contributed by atoms with van der Waals surface area (Å²) in [5.74, 6) is 1.45. The molecule has 2 aromatic heterocycles. The SMILES string of the molecule is COc1ccc(C(=O)Nc2nc(-c3ccco3)cs2)cc1OC. The molecule has 1 amide bonds. The van der Waals surface area contributed by atoms with E-state index in [-0.39, 0.29) is 5.91 Å². The van der Waals surface area contributed by atoms with Gasteiger partial charge in [0.05, 0.1) is 20.5 Å². The number of hydrogen-bond donors (Lipinski definition) is 1. The minimum absolute atomic E-state index is 0.272. The molecule has 23 heavy (non-hydrogen) atoms. The minimum Gasteiger partial charge on any atom is -0.493 e. The highest BCUT2D eigenvalue weighted by molar-refractivity contribution is 7.14. The molecule has 3 rings (SSSR count). The lowest BCUT2D eigenvalue weighted by Crippen LogP contribution is -2.11. The van der Waals surface area contributed by atoms with Gasteiger partial charge in [0.25, 0.3) is 5.91 Å². The first-order valence-electron chi connectivity index (χ1n) is 6.74. The molecule has 2 heterocycles. The zero-order valence-electron chi connectivity index (χ0n) is 12.5. The molecule has 3 aromatic rings. The van der Waals surface area contributed by atoms with Gasteiger partial charge in [-0.05, 0) is 30.3 Å². The molecular formula is C16H14N2O4S. The number of rotatable bonds is 5. The summed E-state index contributed by atoms with van der Waals surface area (Å²) in [5.41, 5.74) is 1.14. The Morgan fingerprint density at radius 2 is 2.04 bits per heavy atom. The minimum atomic E-state index is -0.272. The first-order valence-corrected chi connectivity index (χ1v) is 7.62. The average molecular weight is 330 g/mol. The van der Waals surface area contributed by atoms with Crippen LogP contribution in [0.5, 0.6) is 11.5 Å². The molecule has 1 aromatic carbocycles. The quantitative estimate of drug-likeness (QED) is 0.772. The van der Waals surface area contributed by atoms with E-state index in [4.69, 9.17) is 13.9 Å². The normalized spacial score (nSPS) is 10.3. The van der Waals surface area contributed by atoms with Crippen LogP contribution in [0.25, 0.3) is 11.5 Å². The summed E-state index contributed by atoms with van der Waals surface area (Å²) in [6.45, 7) is 0. The number of benzene rings is 1. The van der Waals surface area contributed by atoms with E-state index in [0.29, 0.717) is 33.6 Å². The van der Waals surface area contributed by atoms with Gasteiger partial charge in [-0.15, -0.1) is 11.3 Å². The van der Waals surface area contributed by atoms with Gasteiger partial charge < -0.3 is 13.9 Å². The summed E-state index contributed by atoms with van der Waals surface area (Å²) < 4.78 is 15.6. The maximum atomic E-state index is 12.3. The topological polar surface area (TPSA) is 73.6 Å². The summed E-state index contributed by atoms with van der Waals surface area (Å²) in [6.07, 6.45) is 1.58. The fourth-order valence-corrected chi connectivity index (χ4v) is 2.71. The number of ether oxygens (including phenoxy) is 2. The van der Waals surface area contributed by atoms with Gasteiger partial charge in [-0.25, -0.2) is 4.98 Å². The third-order valence-corrected chi connectivity index (χ3v) is 3.90. The van der Waals surface area contributed by atoms with Crippen LogP contribution in [0.15, 0.2) is 46.4 Å². The number of methoxy groups -OCH3 is 2. The molecule has 118 valence electrons. The Labute approximate surface area is 136 Å². The number of thiazole rings is 1. The highest BCUT2D eigenvalue weighted by atomic mass is 32.1. The summed E-state index contributed by atoms with van der Waals surface area (Å²) in [7, 11) is 3.07. The van der Waals surface area contributed by atoms with Gasteiger partial charge in [-0.2, -0.15) is 0 Å². The van der Waals surface area contributed by atoms with Crippen LogP contribution in [0.3, 0.4) is 0 Å². The zero-order chi connectivity index (χ0) is 16.2. The van der Waals surface area contributed by atoms with Gasteiger partial charge in [0, 0.05) is 10.9 Å². The molecule has 0 spiro atoms. The second-order valence-electron chi connectivity index (χ2n) is 4.54. The van der Waals surface area contributed by atoms with Gasteiger partial charge in [-0.3, -0.25) is 10.1 Å². The lowest BCUT2D eigenvalue weighted by Gasteiger charge is -2.09. The van der Waals surface area contributed by atoms with E-state index in [1.165, 1.54) is 18.4 Å². The lowest BCUT2D eigenvalue weighted by molar-refractivity contribution is 0.102. The number of amides is 1. The number of carbonyl (C=O) groups is 1. The van der Waals surface area contributed by atoms with E-state index in [0.717, 1.165) is 0 Å². The summed E-state index contributed by atoms with van der Waals surface area (Å²) in [6, 6.07) is 8.57. The van der Waals surface area contributed by atoms with Crippen molar-refractivity contribution < 1.29 is 18.7 Å². The average Bonchev–Trinajstić information content (AvgIpc) is 3.25. The molecule has 0 aliphatic rings. The van der Waals surface area contributed by atoms with Gasteiger partial charge in [0.2, 0.25) is 0 Å². The Balaban J connectivity index is 1.77. The summed E-state index contributed by atoms with van der Waals surface area (Å²) in [5, 5.41) is 5.08. The smallest absolute Gasteiger partial charge is 0.257 e. The fourth-order valence-electron chi connectivity index (χ4n) is 2.02. The highest BCUT2D eigenvalue weighted by Gasteiger charge is 2.13. The zero-order valence-corrected chi connectivity index (χ0v) is 13.3. The van der Waals surface area contributed by atoms with E-state index in [9.17, 15) is 4.79 Å². The van der Waals surface area contributed by atoms with Gasteiger partial charge in [0.1, 0.15) is 5.69 Å². The Morgan fingerprint density at radius 1 is 1.22 bits per heavy atom. The molecule has 0 fully saturated rings. The van der Waals surface area contributed by atoms with E-state index in [1.807, 2.05) is 11.4 Å². The third-order valence-electron chi connectivity index (χ3n) is 3.14. The van der Waals surface area contributed by atoms with Crippen molar-refractivity contribution in [3.8, 4) is 23.0 Å². The second kappa shape index (κ2) is 6.53. The van der Waals surface area contributed by atoms with Crippen LogP contribution in [0.1, 0.15) is 10.4 Å². The van der Waals surface area contributed by atoms with E-state index in [1.54, 1.807) is 37.6 Å². The Morgan fingerprint density at radius 3 is 2.74 bits per heavy atom.